The molecule has 1 aromatic carbocycles. The lowest BCUT2D eigenvalue weighted by Crippen LogP contribution is -2.59. The SMILES string of the molecule is C/C=C(\c1c(C)ncnc1N1CCN(C(=O)OC(C)(C)C)C(C(F)F)C1)C1CC1.CCCc1cc(F)cc(F)c1. The van der Waals surface area contributed by atoms with Crippen LogP contribution in [0.3, 0.4) is 0 Å². The summed E-state index contributed by atoms with van der Waals surface area (Å²) in [4.78, 5) is 24.3. The Morgan fingerprint density at radius 3 is 2.30 bits per heavy atom. The number of nitrogens with zero attached hydrogens (tertiary/aromatic N) is 4. The van der Waals surface area contributed by atoms with Crippen LogP contribution in [0.1, 0.15) is 70.7 Å². The quantitative estimate of drug-likeness (QED) is 0.347. The van der Waals surface area contributed by atoms with Gasteiger partial charge in [-0.3, -0.25) is 4.90 Å². The number of ether oxygens (including phenoxy) is 1. The highest BCUT2D eigenvalue weighted by molar-refractivity contribution is 5.79. The maximum atomic E-state index is 13.9. The molecule has 4 rings (SSSR count). The highest BCUT2D eigenvalue weighted by Crippen LogP contribution is 2.45. The molecule has 2 aromatic rings. The topological polar surface area (TPSA) is 58.6 Å². The number of hydrogen-bond donors (Lipinski definition) is 0. The van der Waals surface area contributed by atoms with Crippen LogP contribution >= 0.6 is 0 Å². The molecule has 2 heterocycles. The molecular formula is C30H40F4N4O2. The van der Waals surface area contributed by atoms with Gasteiger partial charge < -0.3 is 9.64 Å². The van der Waals surface area contributed by atoms with Crippen molar-refractivity contribution in [1.82, 2.24) is 14.9 Å². The lowest BCUT2D eigenvalue weighted by Gasteiger charge is -2.42. The summed E-state index contributed by atoms with van der Waals surface area (Å²) in [5.74, 6) is 0.172. The summed E-state index contributed by atoms with van der Waals surface area (Å²) in [6, 6.07) is 2.37. The van der Waals surface area contributed by atoms with Crippen molar-refractivity contribution in [1.29, 1.82) is 0 Å². The van der Waals surface area contributed by atoms with E-state index in [1.807, 2.05) is 25.7 Å². The number of halogens is 4. The number of alkyl halides is 2. The maximum absolute atomic E-state index is 13.9. The molecule has 1 aliphatic carbocycles. The van der Waals surface area contributed by atoms with Crippen LogP contribution in [0.2, 0.25) is 0 Å². The van der Waals surface area contributed by atoms with Gasteiger partial charge in [0.15, 0.2) is 0 Å². The first-order valence-corrected chi connectivity index (χ1v) is 13.8. The first-order chi connectivity index (χ1) is 18.8. The van der Waals surface area contributed by atoms with Crippen LogP contribution in [0.4, 0.5) is 28.2 Å². The van der Waals surface area contributed by atoms with Crippen LogP contribution in [0.5, 0.6) is 0 Å². The van der Waals surface area contributed by atoms with Crippen LogP contribution in [0, 0.1) is 24.5 Å². The highest BCUT2D eigenvalue weighted by atomic mass is 19.3. The fourth-order valence-corrected chi connectivity index (χ4v) is 4.83. The Hall–Kier alpha value is -3.17. The lowest BCUT2D eigenvalue weighted by atomic mass is 9.99. The molecule has 0 radical (unpaired) electrons. The van der Waals surface area contributed by atoms with Crippen LogP contribution in [-0.4, -0.2) is 58.7 Å². The minimum absolute atomic E-state index is 0.00201. The Labute approximate surface area is 234 Å². The van der Waals surface area contributed by atoms with Gasteiger partial charge in [-0.05, 0) is 83.1 Å². The van der Waals surface area contributed by atoms with Crippen molar-refractivity contribution in [2.75, 3.05) is 24.5 Å². The summed E-state index contributed by atoms with van der Waals surface area (Å²) in [5.41, 5.74) is 2.96. The summed E-state index contributed by atoms with van der Waals surface area (Å²) in [7, 11) is 0. The summed E-state index contributed by atoms with van der Waals surface area (Å²) in [6.45, 7) is 11.6. The van der Waals surface area contributed by atoms with E-state index >= 15 is 0 Å². The smallest absolute Gasteiger partial charge is 0.410 e. The molecule has 1 atom stereocenters. The van der Waals surface area contributed by atoms with Gasteiger partial charge in [-0.25, -0.2) is 32.3 Å². The third-order valence-electron chi connectivity index (χ3n) is 6.73. The average molecular weight is 565 g/mol. The standard InChI is InChI=1S/C21H30F2N4O2.C9H10F2/c1-6-15(14-7-8-14)17-13(2)24-12-25-19(17)26-9-10-27(16(11-26)18(22)23)20(28)29-21(3,4)5;1-2-3-7-4-8(10)6-9(11)5-7/h6,12,14,16,18H,7-11H2,1-5H3;4-6H,2-3H2,1H3/b15-6-;. The van der Waals surface area contributed by atoms with Crippen LogP contribution < -0.4 is 4.90 Å². The van der Waals surface area contributed by atoms with Gasteiger partial charge in [-0.15, -0.1) is 0 Å². The van der Waals surface area contributed by atoms with E-state index < -0.39 is 35.8 Å². The molecule has 1 saturated heterocycles. The maximum Gasteiger partial charge on any atom is 0.410 e. The minimum Gasteiger partial charge on any atom is -0.444 e. The van der Waals surface area contributed by atoms with Gasteiger partial charge in [0.05, 0.1) is 5.69 Å². The number of anilines is 1. The summed E-state index contributed by atoms with van der Waals surface area (Å²) in [5, 5.41) is 0. The van der Waals surface area contributed by atoms with E-state index in [-0.39, 0.29) is 13.1 Å². The second-order valence-electron chi connectivity index (χ2n) is 11.2. The molecule has 220 valence electrons. The molecule has 0 spiro atoms. The Morgan fingerprint density at radius 1 is 1.12 bits per heavy atom. The number of carbonyl (C=O) groups is 1. The zero-order valence-electron chi connectivity index (χ0n) is 24.2. The number of aromatic nitrogens is 2. The Balaban J connectivity index is 0.000000336. The number of benzene rings is 1. The highest BCUT2D eigenvalue weighted by Gasteiger charge is 2.40. The van der Waals surface area contributed by atoms with Crippen molar-refractivity contribution in [3.63, 3.8) is 0 Å². The fourth-order valence-electron chi connectivity index (χ4n) is 4.83. The number of aryl methyl sites for hydroxylation is 2. The van der Waals surface area contributed by atoms with E-state index in [1.54, 1.807) is 20.8 Å². The van der Waals surface area contributed by atoms with E-state index in [1.165, 1.54) is 24.0 Å². The van der Waals surface area contributed by atoms with Crippen molar-refractivity contribution in [2.45, 2.75) is 85.3 Å². The Morgan fingerprint density at radius 2 is 1.77 bits per heavy atom. The molecule has 0 bridgehead atoms. The number of hydrogen-bond acceptors (Lipinski definition) is 5. The van der Waals surface area contributed by atoms with Gasteiger partial charge in [0.1, 0.15) is 35.4 Å². The monoisotopic (exact) mass is 564 g/mol. The van der Waals surface area contributed by atoms with Crippen molar-refractivity contribution in [3.05, 3.63) is 59.1 Å². The number of allylic oxidation sites excluding steroid dienone is 2. The van der Waals surface area contributed by atoms with Gasteiger partial charge in [-0.2, -0.15) is 0 Å². The third-order valence-corrected chi connectivity index (χ3v) is 6.73. The van der Waals surface area contributed by atoms with Gasteiger partial charge >= 0.3 is 6.09 Å². The van der Waals surface area contributed by atoms with Crippen molar-refractivity contribution in [3.8, 4) is 0 Å². The summed E-state index contributed by atoms with van der Waals surface area (Å²) in [6.07, 6.45) is 4.06. The second kappa shape index (κ2) is 13.5. The van der Waals surface area contributed by atoms with Gasteiger partial charge in [-0.1, -0.05) is 19.4 Å². The molecule has 40 heavy (non-hydrogen) atoms. The Bertz CT molecular complexity index is 1170. The molecule has 0 N–H and O–H groups in total. The van der Waals surface area contributed by atoms with Crippen molar-refractivity contribution in [2.24, 2.45) is 5.92 Å². The van der Waals surface area contributed by atoms with E-state index in [0.717, 1.165) is 53.5 Å². The molecule has 1 aromatic heterocycles. The second-order valence-corrected chi connectivity index (χ2v) is 11.2. The van der Waals surface area contributed by atoms with E-state index in [2.05, 4.69) is 16.0 Å². The molecule has 1 aliphatic heterocycles. The molecular weight excluding hydrogens is 524 g/mol. The minimum atomic E-state index is -2.68. The summed E-state index contributed by atoms with van der Waals surface area (Å²) >= 11 is 0. The van der Waals surface area contributed by atoms with Gasteiger partial charge in [0.2, 0.25) is 0 Å². The van der Waals surface area contributed by atoms with E-state index in [0.29, 0.717) is 18.3 Å². The molecule has 1 saturated carbocycles. The average Bonchev–Trinajstić information content (AvgIpc) is 3.69. The first-order valence-electron chi connectivity index (χ1n) is 13.8. The zero-order chi connectivity index (χ0) is 29.6. The first kappa shape index (κ1) is 31.4. The zero-order valence-corrected chi connectivity index (χ0v) is 24.2. The number of rotatable bonds is 6. The summed E-state index contributed by atoms with van der Waals surface area (Å²) < 4.78 is 58.1. The molecule has 10 heteroatoms. The number of amides is 1. The molecule has 1 unspecified atom stereocenters. The van der Waals surface area contributed by atoms with Crippen LogP contribution in [0.15, 0.2) is 30.6 Å². The number of carbonyl (C=O) groups excluding carboxylic acids is 1. The largest absolute Gasteiger partial charge is 0.444 e. The fraction of sp³-hybridized carbons (Fsp3) is 0.567. The van der Waals surface area contributed by atoms with Crippen molar-refractivity contribution >= 4 is 17.5 Å². The predicted molar refractivity (Wildman–Crippen MR) is 148 cm³/mol. The lowest BCUT2D eigenvalue weighted by molar-refractivity contribution is -0.0180. The van der Waals surface area contributed by atoms with Gasteiger partial charge in [0.25, 0.3) is 6.43 Å². The number of piperazine rings is 1. The predicted octanol–water partition coefficient (Wildman–Crippen LogP) is 7.21. The van der Waals surface area contributed by atoms with Gasteiger partial charge in [0, 0.05) is 31.3 Å². The molecule has 6 nitrogen and oxygen atoms in total. The molecule has 2 fully saturated rings. The molecule has 1 amide bonds. The third kappa shape index (κ3) is 8.41. The van der Waals surface area contributed by atoms with E-state index in [4.69, 9.17) is 4.74 Å². The normalized spacial score (nSPS) is 18.0. The van der Waals surface area contributed by atoms with E-state index in [9.17, 15) is 22.4 Å². The van der Waals surface area contributed by atoms with Crippen LogP contribution in [0.25, 0.3) is 5.57 Å². The van der Waals surface area contributed by atoms with Crippen molar-refractivity contribution < 1.29 is 27.1 Å². The Kier molecular flexibility index (Phi) is 10.6. The van der Waals surface area contributed by atoms with Crippen LogP contribution in [-0.2, 0) is 11.2 Å². The molecule has 2 aliphatic rings.